The number of aromatic nitrogens is 2. The van der Waals surface area contributed by atoms with Crippen molar-refractivity contribution in [3.63, 3.8) is 0 Å². The summed E-state index contributed by atoms with van der Waals surface area (Å²) in [6.07, 6.45) is 2.78. The number of fused-ring (bicyclic) bond motifs is 1. The molecular formula is C16H22N4O2S. The molecule has 7 heteroatoms. The molecule has 1 unspecified atom stereocenters. The zero-order valence-corrected chi connectivity index (χ0v) is 14.3. The largest absolute Gasteiger partial charge is 0.370 e. The molecule has 1 atom stereocenters. The van der Waals surface area contributed by atoms with E-state index in [1.165, 1.54) is 10.4 Å². The van der Waals surface area contributed by atoms with Gasteiger partial charge in [0.05, 0.1) is 12.3 Å². The van der Waals surface area contributed by atoms with Crippen molar-refractivity contribution >= 4 is 17.2 Å². The van der Waals surface area contributed by atoms with Gasteiger partial charge in [-0.2, -0.15) is 5.10 Å². The first-order valence-electron chi connectivity index (χ1n) is 7.74. The lowest BCUT2D eigenvalue weighted by Gasteiger charge is -2.22. The minimum atomic E-state index is -0.0468. The Hall–Kier alpha value is -1.70. The number of hydrogen-bond donors (Lipinski definition) is 1. The molecule has 2 aromatic rings. The van der Waals surface area contributed by atoms with Crippen molar-refractivity contribution in [3.8, 4) is 0 Å². The maximum absolute atomic E-state index is 11.8. The molecule has 1 amide bonds. The second-order valence-corrected chi connectivity index (χ2v) is 6.88. The Kier molecular flexibility index (Phi) is 5.09. The number of nitrogens with one attached hydrogen (secondary N) is 1. The van der Waals surface area contributed by atoms with E-state index in [0.29, 0.717) is 6.61 Å². The highest BCUT2D eigenvalue weighted by atomic mass is 32.1. The molecule has 0 bridgehead atoms. The van der Waals surface area contributed by atoms with E-state index in [2.05, 4.69) is 27.9 Å². The van der Waals surface area contributed by atoms with Crippen LogP contribution in [-0.2, 0) is 29.0 Å². The summed E-state index contributed by atoms with van der Waals surface area (Å²) in [6.45, 7) is 2.54. The Morgan fingerprint density at radius 2 is 2.43 bits per heavy atom. The monoisotopic (exact) mass is 334 g/mol. The summed E-state index contributed by atoms with van der Waals surface area (Å²) in [5, 5.41) is 10.1. The Balaban J connectivity index is 1.62. The van der Waals surface area contributed by atoms with Crippen molar-refractivity contribution in [2.75, 3.05) is 27.2 Å². The molecule has 23 heavy (non-hydrogen) atoms. The molecule has 2 aromatic heterocycles. The molecule has 6 nitrogen and oxygen atoms in total. The molecule has 1 N–H and O–H groups in total. The quantitative estimate of drug-likeness (QED) is 0.868. The molecule has 0 saturated heterocycles. The average molecular weight is 334 g/mol. The summed E-state index contributed by atoms with van der Waals surface area (Å²) >= 11 is 1.74. The van der Waals surface area contributed by atoms with Crippen LogP contribution < -0.4 is 5.32 Å². The molecule has 0 spiro atoms. The first-order valence-corrected chi connectivity index (χ1v) is 8.62. The van der Waals surface area contributed by atoms with Crippen LogP contribution in [0.3, 0.4) is 0 Å². The lowest BCUT2D eigenvalue weighted by atomic mass is 10.1. The summed E-state index contributed by atoms with van der Waals surface area (Å²) in [4.78, 5) is 14.7. The number of carbonyl (C=O) groups excluding carboxylic acids is 1. The van der Waals surface area contributed by atoms with Gasteiger partial charge in [-0.3, -0.25) is 9.48 Å². The van der Waals surface area contributed by atoms with Crippen LogP contribution in [0.5, 0.6) is 0 Å². The van der Waals surface area contributed by atoms with Crippen molar-refractivity contribution in [1.82, 2.24) is 20.0 Å². The van der Waals surface area contributed by atoms with Gasteiger partial charge in [0.15, 0.2) is 0 Å². The second-order valence-electron chi connectivity index (χ2n) is 5.85. The molecule has 1 aliphatic rings. The van der Waals surface area contributed by atoms with E-state index in [1.807, 2.05) is 6.20 Å². The number of amides is 1. The van der Waals surface area contributed by atoms with Gasteiger partial charge in [-0.1, -0.05) is 6.07 Å². The van der Waals surface area contributed by atoms with E-state index in [4.69, 9.17) is 4.74 Å². The van der Waals surface area contributed by atoms with Crippen molar-refractivity contribution < 1.29 is 9.53 Å². The Morgan fingerprint density at radius 1 is 1.57 bits per heavy atom. The standard InChI is InChI=1S/C16H22N4O2S/c1-19(2)15(21)11-20-10-12-5-6-22-14(16(12)18-20)9-17-8-13-4-3-7-23-13/h3-4,7,10,14,17H,5-6,8-9,11H2,1-2H3. The number of carbonyl (C=O) groups is 1. The van der Waals surface area contributed by atoms with Crippen LogP contribution in [-0.4, -0.2) is 47.8 Å². The maximum atomic E-state index is 11.8. The van der Waals surface area contributed by atoms with Crippen LogP contribution in [0, 0.1) is 0 Å². The molecular weight excluding hydrogens is 312 g/mol. The Bertz CT molecular complexity index is 651. The number of likely N-dealkylation sites (N-methyl/N-ethyl adjacent to an activating group) is 1. The molecule has 3 heterocycles. The predicted octanol–water partition coefficient (Wildman–Crippen LogP) is 1.44. The van der Waals surface area contributed by atoms with Crippen LogP contribution in [0.25, 0.3) is 0 Å². The number of hydrogen-bond acceptors (Lipinski definition) is 5. The lowest BCUT2D eigenvalue weighted by molar-refractivity contribution is -0.129. The fraction of sp³-hybridized carbons (Fsp3) is 0.500. The molecule has 0 radical (unpaired) electrons. The van der Waals surface area contributed by atoms with Crippen LogP contribution in [0.4, 0.5) is 0 Å². The van der Waals surface area contributed by atoms with Crippen molar-refractivity contribution in [2.24, 2.45) is 0 Å². The van der Waals surface area contributed by atoms with Crippen LogP contribution in [0.15, 0.2) is 23.7 Å². The number of ether oxygens (including phenoxy) is 1. The SMILES string of the molecule is CN(C)C(=O)Cn1cc2c(n1)C(CNCc1cccs1)OCC2. The fourth-order valence-electron chi connectivity index (χ4n) is 2.59. The van der Waals surface area contributed by atoms with Gasteiger partial charge in [-0.15, -0.1) is 11.3 Å². The van der Waals surface area contributed by atoms with E-state index in [-0.39, 0.29) is 18.6 Å². The predicted molar refractivity (Wildman–Crippen MR) is 89.3 cm³/mol. The lowest BCUT2D eigenvalue weighted by Crippen LogP contribution is -2.28. The van der Waals surface area contributed by atoms with Crippen molar-refractivity contribution in [3.05, 3.63) is 39.8 Å². The minimum Gasteiger partial charge on any atom is -0.370 e. The average Bonchev–Trinajstić information content (AvgIpc) is 3.16. The Labute approximate surface area is 140 Å². The molecule has 0 aromatic carbocycles. The molecule has 0 aliphatic carbocycles. The van der Waals surface area contributed by atoms with Crippen molar-refractivity contribution in [2.45, 2.75) is 25.6 Å². The van der Waals surface area contributed by atoms with Gasteiger partial charge in [0, 0.05) is 38.3 Å². The molecule has 0 fully saturated rings. The zero-order valence-electron chi connectivity index (χ0n) is 13.5. The van der Waals surface area contributed by atoms with E-state index in [1.54, 1.807) is 35.0 Å². The Morgan fingerprint density at radius 3 is 3.17 bits per heavy atom. The van der Waals surface area contributed by atoms with Gasteiger partial charge in [-0.05, 0) is 23.4 Å². The molecule has 1 aliphatic heterocycles. The minimum absolute atomic E-state index is 0.0399. The highest BCUT2D eigenvalue weighted by molar-refractivity contribution is 7.09. The molecule has 3 rings (SSSR count). The first-order chi connectivity index (χ1) is 11.1. The van der Waals surface area contributed by atoms with E-state index < -0.39 is 0 Å². The van der Waals surface area contributed by atoms with Gasteiger partial charge >= 0.3 is 0 Å². The third-order valence-corrected chi connectivity index (χ3v) is 4.75. The normalized spacial score (nSPS) is 17.0. The van der Waals surface area contributed by atoms with Gasteiger partial charge in [-0.25, -0.2) is 0 Å². The summed E-state index contributed by atoms with van der Waals surface area (Å²) < 4.78 is 7.59. The number of nitrogens with zero attached hydrogens (tertiary/aromatic N) is 3. The summed E-state index contributed by atoms with van der Waals surface area (Å²) in [5.74, 6) is 0.0399. The second kappa shape index (κ2) is 7.25. The van der Waals surface area contributed by atoms with Crippen LogP contribution >= 0.6 is 11.3 Å². The van der Waals surface area contributed by atoms with Crippen LogP contribution in [0.2, 0.25) is 0 Å². The van der Waals surface area contributed by atoms with Gasteiger partial charge < -0.3 is 15.0 Å². The third kappa shape index (κ3) is 3.99. The van der Waals surface area contributed by atoms with E-state index >= 15 is 0 Å². The maximum Gasteiger partial charge on any atom is 0.243 e. The van der Waals surface area contributed by atoms with Gasteiger partial charge in [0.25, 0.3) is 0 Å². The number of rotatable bonds is 6. The topological polar surface area (TPSA) is 59.4 Å². The van der Waals surface area contributed by atoms with Gasteiger partial charge in [0.2, 0.25) is 5.91 Å². The van der Waals surface area contributed by atoms with Crippen molar-refractivity contribution in [1.29, 1.82) is 0 Å². The molecule has 0 saturated carbocycles. The van der Waals surface area contributed by atoms with E-state index in [0.717, 1.165) is 25.2 Å². The van der Waals surface area contributed by atoms with E-state index in [9.17, 15) is 4.79 Å². The number of thiophene rings is 1. The highest BCUT2D eigenvalue weighted by Crippen LogP contribution is 2.25. The summed E-state index contributed by atoms with van der Waals surface area (Å²) in [6, 6.07) is 4.17. The smallest absolute Gasteiger partial charge is 0.243 e. The summed E-state index contributed by atoms with van der Waals surface area (Å²) in [5.41, 5.74) is 2.15. The zero-order chi connectivity index (χ0) is 16.2. The summed E-state index contributed by atoms with van der Waals surface area (Å²) in [7, 11) is 3.51. The highest BCUT2D eigenvalue weighted by Gasteiger charge is 2.25. The first kappa shape index (κ1) is 16.2. The molecule has 124 valence electrons. The fourth-order valence-corrected chi connectivity index (χ4v) is 3.26. The third-order valence-electron chi connectivity index (χ3n) is 3.87. The van der Waals surface area contributed by atoms with Crippen LogP contribution in [0.1, 0.15) is 22.2 Å². The van der Waals surface area contributed by atoms with Gasteiger partial charge in [0.1, 0.15) is 12.6 Å².